The monoisotopic (exact) mass is 245 g/mol. The number of carbonyl (C=O) groups is 2. The summed E-state index contributed by atoms with van der Waals surface area (Å²) in [5, 5.41) is 0. The van der Waals surface area contributed by atoms with E-state index in [0.717, 1.165) is 5.56 Å². The van der Waals surface area contributed by atoms with Gasteiger partial charge in [0.15, 0.2) is 5.78 Å². The Labute approximate surface area is 106 Å². The van der Waals surface area contributed by atoms with Crippen molar-refractivity contribution in [3.05, 3.63) is 47.5 Å². The highest BCUT2D eigenvalue weighted by molar-refractivity contribution is 5.94. The second kappa shape index (κ2) is 5.04. The maximum Gasteiger partial charge on any atom is 0.410 e. The van der Waals surface area contributed by atoms with Crippen molar-refractivity contribution in [2.75, 3.05) is 13.7 Å². The SMILES string of the molecule is COC(=O)N1CC=CC1c1ccc(C(C)=O)cc1. The third-order valence-electron chi connectivity index (χ3n) is 3.02. The Kier molecular flexibility index (Phi) is 3.46. The average molecular weight is 245 g/mol. The van der Waals surface area contributed by atoms with Crippen LogP contribution in [0, 0.1) is 0 Å². The van der Waals surface area contributed by atoms with Gasteiger partial charge in [-0.25, -0.2) is 4.79 Å². The number of nitrogens with zero attached hydrogens (tertiary/aromatic N) is 1. The molecule has 0 radical (unpaired) electrons. The molecule has 1 aromatic carbocycles. The van der Waals surface area contributed by atoms with Gasteiger partial charge in [0.1, 0.15) is 0 Å². The molecule has 1 aliphatic rings. The summed E-state index contributed by atoms with van der Waals surface area (Å²) in [4.78, 5) is 24.4. The first-order valence-corrected chi connectivity index (χ1v) is 5.75. The molecule has 1 unspecified atom stereocenters. The Hall–Kier alpha value is -2.10. The van der Waals surface area contributed by atoms with E-state index < -0.39 is 0 Å². The molecule has 1 amide bonds. The summed E-state index contributed by atoms with van der Waals surface area (Å²) in [5.41, 5.74) is 1.64. The molecule has 94 valence electrons. The van der Waals surface area contributed by atoms with Gasteiger partial charge in [-0.2, -0.15) is 0 Å². The molecule has 0 fully saturated rings. The summed E-state index contributed by atoms with van der Waals surface area (Å²) >= 11 is 0. The molecule has 4 heteroatoms. The van der Waals surface area contributed by atoms with Gasteiger partial charge in [0.05, 0.1) is 13.2 Å². The Morgan fingerprint density at radius 2 is 1.94 bits per heavy atom. The highest BCUT2D eigenvalue weighted by Crippen LogP contribution is 2.27. The number of Topliss-reactive ketones (excluding diaryl/α,β-unsaturated/α-hetero) is 1. The second-order valence-corrected chi connectivity index (χ2v) is 4.17. The molecule has 0 N–H and O–H groups in total. The first kappa shape index (κ1) is 12.4. The molecule has 4 nitrogen and oxygen atoms in total. The molecule has 1 heterocycles. The second-order valence-electron chi connectivity index (χ2n) is 4.17. The van der Waals surface area contributed by atoms with E-state index in [1.54, 1.807) is 17.0 Å². The van der Waals surface area contributed by atoms with Crippen LogP contribution in [0.25, 0.3) is 0 Å². The van der Waals surface area contributed by atoms with E-state index in [1.165, 1.54) is 14.0 Å². The van der Waals surface area contributed by atoms with Crippen LogP contribution in [0.3, 0.4) is 0 Å². The largest absolute Gasteiger partial charge is 0.453 e. The fraction of sp³-hybridized carbons (Fsp3) is 0.286. The lowest BCUT2D eigenvalue weighted by Crippen LogP contribution is -2.30. The van der Waals surface area contributed by atoms with Crippen LogP contribution in [-0.2, 0) is 4.74 Å². The molecule has 1 aliphatic heterocycles. The van der Waals surface area contributed by atoms with Gasteiger partial charge in [0.25, 0.3) is 0 Å². The van der Waals surface area contributed by atoms with E-state index in [2.05, 4.69) is 0 Å². The van der Waals surface area contributed by atoms with Gasteiger partial charge in [-0.1, -0.05) is 36.4 Å². The van der Waals surface area contributed by atoms with Crippen molar-refractivity contribution < 1.29 is 14.3 Å². The smallest absolute Gasteiger partial charge is 0.410 e. The summed E-state index contributed by atoms with van der Waals surface area (Å²) in [7, 11) is 1.37. The number of methoxy groups -OCH3 is 1. The quantitative estimate of drug-likeness (QED) is 0.594. The number of rotatable bonds is 2. The predicted molar refractivity (Wildman–Crippen MR) is 67.4 cm³/mol. The standard InChI is InChI=1S/C14H15NO3/c1-10(16)11-5-7-12(8-6-11)13-4-3-9-15(13)14(17)18-2/h3-8,13H,9H2,1-2H3. The molecule has 18 heavy (non-hydrogen) atoms. The lowest BCUT2D eigenvalue weighted by Gasteiger charge is -2.23. The van der Waals surface area contributed by atoms with E-state index in [0.29, 0.717) is 12.1 Å². The summed E-state index contributed by atoms with van der Waals surface area (Å²) in [6, 6.07) is 7.18. The van der Waals surface area contributed by atoms with Crippen molar-refractivity contribution >= 4 is 11.9 Å². The van der Waals surface area contributed by atoms with Crippen LogP contribution in [0.1, 0.15) is 28.9 Å². The Morgan fingerprint density at radius 1 is 1.28 bits per heavy atom. The van der Waals surface area contributed by atoms with Crippen LogP contribution >= 0.6 is 0 Å². The van der Waals surface area contributed by atoms with E-state index in [4.69, 9.17) is 4.74 Å². The highest BCUT2D eigenvalue weighted by atomic mass is 16.5. The minimum Gasteiger partial charge on any atom is -0.453 e. The fourth-order valence-electron chi connectivity index (χ4n) is 2.03. The van der Waals surface area contributed by atoms with Crippen LogP contribution in [0.4, 0.5) is 4.79 Å². The molecule has 2 rings (SSSR count). The van der Waals surface area contributed by atoms with E-state index in [9.17, 15) is 9.59 Å². The van der Waals surface area contributed by atoms with Crippen molar-refractivity contribution in [1.82, 2.24) is 4.90 Å². The topological polar surface area (TPSA) is 46.6 Å². The molecule has 1 atom stereocenters. The van der Waals surface area contributed by atoms with Gasteiger partial charge in [0.2, 0.25) is 0 Å². The minimum atomic E-state index is -0.347. The molecule has 0 aromatic heterocycles. The Balaban J connectivity index is 2.22. The van der Waals surface area contributed by atoms with Crippen LogP contribution in [0.5, 0.6) is 0 Å². The van der Waals surface area contributed by atoms with Gasteiger partial charge in [0, 0.05) is 12.1 Å². The first-order valence-electron chi connectivity index (χ1n) is 5.75. The molecule has 0 aliphatic carbocycles. The first-order chi connectivity index (χ1) is 8.63. The lowest BCUT2D eigenvalue weighted by atomic mass is 10.0. The van der Waals surface area contributed by atoms with Gasteiger partial charge in [-0.15, -0.1) is 0 Å². The number of amides is 1. The fourth-order valence-corrected chi connectivity index (χ4v) is 2.03. The maximum absolute atomic E-state index is 11.6. The maximum atomic E-state index is 11.6. The summed E-state index contributed by atoms with van der Waals surface area (Å²) in [6.07, 6.45) is 3.54. The van der Waals surface area contributed by atoms with Crippen molar-refractivity contribution in [3.8, 4) is 0 Å². The summed E-state index contributed by atoms with van der Waals surface area (Å²) in [5.74, 6) is 0.0355. The van der Waals surface area contributed by atoms with E-state index in [1.807, 2.05) is 24.3 Å². The molecule has 0 spiro atoms. The predicted octanol–water partition coefficient (Wildman–Crippen LogP) is 2.57. The zero-order valence-corrected chi connectivity index (χ0v) is 10.4. The summed E-state index contributed by atoms with van der Waals surface area (Å²) in [6.45, 7) is 2.08. The number of hydrogen-bond donors (Lipinski definition) is 0. The third kappa shape index (κ3) is 2.27. The van der Waals surface area contributed by atoms with E-state index in [-0.39, 0.29) is 17.9 Å². The van der Waals surface area contributed by atoms with Crippen LogP contribution in [-0.4, -0.2) is 30.4 Å². The molecule has 0 saturated heterocycles. The van der Waals surface area contributed by atoms with Crippen LogP contribution < -0.4 is 0 Å². The van der Waals surface area contributed by atoms with Gasteiger partial charge >= 0.3 is 6.09 Å². The molecule has 0 saturated carbocycles. The van der Waals surface area contributed by atoms with Gasteiger partial charge < -0.3 is 4.74 Å². The normalized spacial score (nSPS) is 17.9. The van der Waals surface area contributed by atoms with Crippen molar-refractivity contribution in [2.24, 2.45) is 0 Å². The van der Waals surface area contributed by atoms with Crippen LogP contribution in [0.15, 0.2) is 36.4 Å². The summed E-state index contributed by atoms with van der Waals surface area (Å²) < 4.78 is 4.74. The Morgan fingerprint density at radius 3 is 2.50 bits per heavy atom. The zero-order chi connectivity index (χ0) is 13.1. The highest BCUT2D eigenvalue weighted by Gasteiger charge is 2.26. The minimum absolute atomic E-state index is 0.0355. The molecular formula is C14H15NO3. The van der Waals surface area contributed by atoms with E-state index >= 15 is 0 Å². The van der Waals surface area contributed by atoms with Crippen molar-refractivity contribution in [1.29, 1.82) is 0 Å². The Bertz CT molecular complexity index is 490. The number of ketones is 1. The number of benzene rings is 1. The number of carbonyl (C=O) groups excluding carboxylic acids is 2. The lowest BCUT2D eigenvalue weighted by molar-refractivity contribution is 0.101. The number of hydrogen-bond acceptors (Lipinski definition) is 3. The van der Waals surface area contributed by atoms with Crippen LogP contribution in [0.2, 0.25) is 0 Å². The van der Waals surface area contributed by atoms with Gasteiger partial charge in [-0.3, -0.25) is 9.69 Å². The van der Waals surface area contributed by atoms with Gasteiger partial charge in [-0.05, 0) is 12.5 Å². The number of ether oxygens (including phenoxy) is 1. The van der Waals surface area contributed by atoms with Crippen molar-refractivity contribution in [3.63, 3.8) is 0 Å². The zero-order valence-electron chi connectivity index (χ0n) is 10.4. The van der Waals surface area contributed by atoms with Crippen molar-refractivity contribution in [2.45, 2.75) is 13.0 Å². The molecular weight excluding hydrogens is 230 g/mol. The molecule has 0 bridgehead atoms. The third-order valence-corrected chi connectivity index (χ3v) is 3.02. The molecule has 1 aromatic rings. The average Bonchev–Trinajstić information content (AvgIpc) is 2.87.